The van der Waals surface area contributed by atoms with Crippen LogP contribution >= 0.6 is 0 Å². The number of hydrogen-bond donors (Lipinski definition) is 1. The van der Waals surface area contributed by atoms with Gasteiger partial charge in [0, 0.05) is 12.7 Å². The van der Waals surface area contributed by atoms with E-state index in [4.69, 9.17) is 19.1 Å². The van der Waals surface area contributed by atoms with Gasteiger partial charge in [-0.1, -0.05) is 5.16 Å². The van der Waals surface area contributed by atoms with Gasteiger partial charge in [-0.05, 0) is 19.3 Å². The molecule has 0 aromatic carbocycles. The summed E-state index contributed by atoms with van der Waals surface area (Å²) in [7, 11) is 0. The van der Waals surface area contributed by atoms with Crippen molar-refractivity contribution >= 4 is 5.97 Å². The minimum absolute atomic E-state index is 0.108. The summed E-state index contributed by atoms with van der Waals surface area (Å²) >= 11 is 0. The van der Waals surface area contributed by atoms with Crippen molar-refractivity contribution in [3.63, 3.8) is 0 Å². The number of carboxylic acid groups (broad SMARTS) is 1. The Morgan fingerprint density at radius 2 is 2.50 bits per heavy atom. The van der Waals surface area contributed by atoms with Crippen molar-refractivity contribution in [2.45, 2.75) is 32.2 Å². The smallest absolute Gasteiger partial charge is 0.358 e. The number of aromatic carboxylic acids is 1. The fraction of sp³-hybridized carbons (Fsp3) is 0.600. The second kappa shape index (κ2) is 5.09. The normalized spacial score (nSPS) is 20.9. The molecular formula is C10H13NO5. The lowest BCUT2D eigenvalue weighted by Crippen LogP contribution is -2.21. The monoisotopic (exact) mass is 227 g/mol. The van der Waals surface area contributed by atoms with Crippen LogP contribution in [-0.4, -0.2) is 29.1 Å². The molecule has 6 heteroatoms. The summed E-state index contributed by atoms with van der Waals surface area (Å²) in [5, 5.41) is 12.0. The first-order valence-corrected chi connectivity index (χ1v) is 5.18. The molecule has 1 aliphatic heterocycles. The van der Waals surface area contributed by atoms with E-state index in [0.717, 1.165) is 19.3 Å². The van der Waals surface area contributed by atoms with Gasteiger partial charge in [-0.2, -0.15) is 0 Å². The zero-order valence-electron chi connectivity index (χ0n) is 8.72. The molecule has 16 heavy (non-hydrogen) atoms. The number of hydrogen-bond acceptors (Lipinski definition) is 5. The number of aromatic nitrogens is 1. The van der Waals surface area contributed by atoms with Gasteiger partial charge >= 0.3 is 5.97 Å². The van der Waals surface area contributed by atoms with E-state index < -0.39 is 5.97 Å². The zero-order chi connectivity index (χ0) is 11.4. The number of ether oxygens (including phenoxy) is 2. The van der Waals surface area contributed by atoms with Crippen LogP contribution in [0.15, 0.2) is 10.6 Å². The Bertz CT molecular complexity index is 356. The highest BCUT2D eigenvalue weighted by atomic mass is 16.7. The van der Waals surface area contributed by atoms with Crippen LogP contribution < -0.4 is 0 Å². The van der Waals surface area contributed by atoms with E-state index in [2.05, 4.69) is 5.16 Å². The van der Waals surface area contributed by atoms with Gasteiger partial charge in [0.2, 0.25) is 0 Å². The van der Waals surface area contributed by atoms with Crippen molar-refractivity contribution in [2.24, 2.45) is 0 Å². The lowest BCUT2D eigenvalue weighted by atomic mass is 10.2. The van der Waals surface area contributed by atoms with E-state index in [1.165, 1.54) is 6.07 Å². The van der Waals surface area contributed by atoms with Gasteiger partial charge in [0.05, 0.1) is 0 Å². The van der Waals surface area contributed by atoms with Gasteiger partial charge in [-0.25, -0.2) is 4.79 Å². The topological polar surface area (TPSA) is 81.8 Å². The zero-order valence-corrected chi connectivity index (χ0v) is 8.72. The van der Waals surface area contributed by atoms with Gasteiger partial charge in [0.1, 0.15) is 6.61 Å². The lowest BCUT2D eigenvalue weighted by Gasteiger charge is -2.21. The molecule has 1 unspecified atom stereocenters. The van der Waals surface area contributed by atoms with Crippen LogP contribution in [0.4, 0.5) is 0 Å². The molecule has 6 nitrogen and oxygen atoms in total. The first-order valence-electron chi connectivity index (χ1n) is 5.18. The molecule has 0 saturated carbocycles. The third-order valence-electron chi connectivity index (χ3n) is 2.33. The first-order chi connectivity index (χ1) is 7.75. The van der Waals surface area contributed by atoms with Gasteiger partial charge in [-0.3, -0.25) is 0 Å². The first kappa shape index (κ1) is 11.1. The van der Waals surface area contributed by atoms with Gasteiger partial charge in [0.15, 0.2) is 17.7 Å². The van der Waals surface area contributed by atoms with Crippen molar-refractivity contribution in [3.8, 4) is 0 Å². The summed E-state index contributed by atoms with van der Waals surface area (Å²) in [5.74, 6) is -0.713. The Balaban J connectivity index is 1.81. The third-order valence-corrected chi connectivity index (χ3v) is 2.33. The second-order valence-corrected chi connectivity index (χ2v) is 3.59. The molecule has 0 amide bonds. The molecule has 1 atom stereocenters. The maximum Gasteiger partial charge on any atom is 0.358 e. The fourth-order valence-corrected chi connectivity index (χ4v) is 1.50. The van der Waals surface area contributed by atoms with E-state index in [-0.39, 0.29) is 18.6 Å². The quantitative estimate of drug-likeness (QED) is 0.837. The number of carboxylic acids is 1. The number of nitrogens with zero attached hydrogens (tertiary/aromatic N) is 1. The van der Waals surface area contributed by atoms with Crippen LogP contribution in [0.1, 0.15) is 35.5 Å². The molecule has 0 bridgehead atoms. The summed E-state index contributed by atoms with van der Waals surface area (Å²) in [6.07, 6.45) is 2.79. The van der Waals surface area contributed by atoms with Gasteiger partial charge in [0.25, 0.3) is 0 Å². The molecule has 0 radical (unpaired) electrons. The minimum Gasteiger partial charge on any atom is -0.476 e. The molecule has 1 aliphatic rings. The second-order valence-electron chi connectivity index (χ2n) is 3.59. The van der Waals surface area contributed by atoms with Crippen molar-refractivity contribution in [2.75, 3.05) is 6.61 Å². The average Bonchev–Trinajstić information content (AvgIpc) is 2.76. The van der Waals surface area contributed by atoms with Gasteiger partial charge < -0.3 is 19.1 Å². The van der Waals surface area contributed by atoms with E-state index >= 15 is 0 Å². The summed E-state index contributed by atoms with van der Waals surface area (Å²) in [4.78, 5) is 10.5. The average molecular weight is 227 g/mol. The molecule has 2 heterocycles. The van der Waals surface area contributed by atoms with Crippen LogP contribution in [-0.2, 0) is 16.1 Å². The van der Waals surface area contributed by atoms with E-state index in [0.29, 0.717) is 12.4 Å². The SMILES string of the molecule is O=C(O)c1cc(COC2CCCCO2)on1. The molecule has 0 aliphatic carbocycles. The Morgan fingerprint density at radius 1 is 1.62 bits per heavy atom. The summed E-state index contributed by atoms with van der Waals surface area (Å²) in [5.41, 5.74) is -0.108. The van der Waals surface area contributed by atoms with Crippen LogP contribution in [0.5, 0.6) is 0 Å². The van der Waals surface area contributed by atoms with E-state index in [1.807, 2.05) is 0 Å². The van der Waals surface area contributed by atoms with Crippen LogP contribution in [0, 0.1) is 0 Å². The van der Waals surface area contributed by atoms with Crippen molar-refractivity contribution in [3.05, 3.63) is 17.5 Å². The highest BCUT2D eigenvalue weighted by Crippen LogP contribution is 2.15. The third kappa shape index (κ3) is 2.80. The van der Waals surface area contributed by atoms with E-state index in [9.17, 15) is 4.79 Å². The highest BCUT2D eigenvalue weighted by Gasteiger charge is 2.16. The molecule has 1 saturated heterocycles. The maximum atomic E-state index is 10.5. The van der Waals surface area contributed by atoms with Crippen molar-refractivity contribution < 1.29 is 23.9 Å². The van der Waals surface area contributed by atoms with Crippen molar-refractivity contribution in [1.29, 1.82) is 0 Å². The lowest BCUT2D eigenvalue weighted by molar-refractivity contribution is -0.171. The molecule has 2 rings (SSSR count). The maximum absolute atomic E-state index is 10.5. The summed E-state index contributed by atoms with van der Waals surface area (Å²) in [6.45, 7) is 0.895. The predicted octanol–water partition coefficient (Wildman–Crippen LogP) is 1.42. The highest BCUT2D eigenvalue weighted by molar-refractivity contribution is 5.85. The summed E-state index contributed by atoms with van der Waals surface area (Å²) in [6, 6.07) is 1.35. The standard InChI is InChI=1S/C10H13NO5/c12-10(13)8-5-7(16-11-8)6-15-9-3-1-2-4-14-9/h5,9H,1-4,6H2,(H,12,13). The Hall–Kier alpha value is -1.40. The Labute approximate surface area is 92.1 Å². The molecule has 1 aromatic rings. The molecule has 1 fully saturated rings. The van der Waals surface area contributed by atoms with Crippen LogP contribution in [0.2, 0.25) is 0 Å². The molecule has 88 valence electrons. The Morgan fingerprint density at radius 3 is 3.12 bits per heavy atom. The van der Waals surface area contributed by atoms with Crippen LogP contribution in [0.3, 0.4) is 0 Å². The molecule has 1 aromatic heterocycles. The Kier molecular flexibility index (Phi) is 3.53. The summed E-state index contributed by atoms with van der Waals surface area (Å²) < 4.78 is 15.6. The van der Waals surface area contributed by atoms with Crippen LogP contribution in [0.25, 0.3) is 0 Å². The predicted molar refractivity (Wildman–Crippen MR) is 51.8 cm³/mol. The molecular weight excluding hydrogens is 214 g/mol. The van der Waals surface area contributed by atoms with Crippen molar-refractivity contribution in [1.82, 2.24) is 5.16 Å². The van der Waals surface area contributed by atoms with Gasteiger partial charge in [-0.15, -0.1) is 0 Å². The number of rotatable bonds is 4. The van der Waals surface area contributed by atoms with E-state index in [1.54, 1.807) is 0 Å². The largest absolute Gasteiger partial charge is 0.476 e. The minimum atomic E-state index is -1.11. The fourth-order valence-electron chi connectivity index (χ4n) is 1.50. The number of carbonyl (C=O) groups is 1. The molecule has 0 spiro atoms. The molecule has 1 N–H and O–H groups in total.